The van der Waals surface area contributed by atoms with E-state index < -0.39 is 0 Å². The Hall–Kier alpha value is -1.93. The molecule has 0 radical (unpaired) electrons. The fraction of sp³-hybridized carbons (Fsp3) is 0.474. The topological polar surface area (TPSA) is 74.8 Å². The number of aryl methyl sites for hydroxylation is 1. The maximum atomic E-state index is 5.34. The number of hydrogen-bond acceptors (Lipinski definition) is 6. The first-order valence-electron chi connectivity index (χ1n) is 9.16. The predicted octanol–water partition coefficient (Wildman–Crippen LogP) is 3.87. The van der Waals surface area contributed by atoms with Gasteiger partial charge in [0.05, 0.1) is 0 Å². The second-order valence-electron chi connectivity index (χ2n) is 6.26. The molecule has 2 aromatic rings. The minimum Gasteiger partial charge on any atom is -0.361 e. The molecule has 0 bridgehead atoms. The summed E-state index contributed by atoms with van der Waals surface area (Å²) in [5.74, 6) is 2.63. The molecule has 6 nitrogen and oxygen atoms in total. The van der Waals surface area contributed by atoms with Crippen LogP contribution in [-0.4, -0.2) is 38.6 Å². The van der Waals surface area contributed by atoms with Crippen molar-refractivity contribution in [2.75, 3.05) is 24.0 Å². The predicted molar refractivity (Wildman–Crippen MR) is 119 cm³/mol. The van der Waals surface area contributed by atoms with Crippen LogP contribution in [-0.2, 0) is 0 Å². The van der Waals surface area contributed by atoms with Gasteiger partial charge in [-0.05, 0) is 63.0 Å². The van der Waals surface area contributed by atoms with Crippen molar-refractivity contribution in [3.8, 4) is 11.4 Å². The fourth-order valence-corrected chi connectivity index (χ4v) is 3.11. The molecule has 0 aliphatic carbocycles. The highest BCUT2D eigenvalue weighted by Crippen LogP contribution is 2.20. The summed E-state index contributed by atoms with van der Waals surface area (Å²) < 4.78 is 0. The molecule has 0 aliphatic rings. The van der Waals surface area contributed by atoms with Gasteiger partial charge in [-0.3, -0.25) is 15.8 Å². The second-order valence-corrected chi connectivity index (χ2v) is 7.65. The third kappa shape index (κ3) is 7.30. The third-order valence-electron chi connectivity index (χ3n) is 4.18. The van der Waals surface area contributed by atoms with E-state index >= 15 is 0 Å². The molecule has 2 rings (SSSR count). The van der Waals surface area contributed by atoms with Gasteiger partial charge in [-0.1, -0.05) is 12.8 Å². The third-order valence-corrected chi connectivity index (χ3v) is 5.13. The zero-order chi connectivity index (χ0) is 19.5. The van der Waals surface area contributed by atoms with Crippen molar-refractivity contribution < 1.29 is 0 Å². The first kappa shape index (κ1) is 21.4. The molecule has 0 fully saturated rings. The quantitative estimate of drug-likeness (QED) is 0.313. The van der Waals surface area contributed by atoms with Gasteiger partial charge in [0.15, 0.2) is 16.8 Å². The van der Waals surface area contributed by atoms with Crippen molar-refractivity contribution in [3.63, 3.8) is 0 Å². The van der Waals surface area contributed by atoms with Gasteiger partial charge in [-0.15, -0.1) is 0 Å². The number of thioether (sulfide) groups is 1. The van der Waals surface area contributed by atoms with Crippen LogP contribution < -0.4 is 16.2 Å². The summed E-state index contributed by atoms with van der Waals surface area (Å²) in [5, 5.41) is 3.79. The average Bonchev–Trinajstić information content (AvgIpc) is 2.69. The molecule has 0 aliphatic heterocycles. The Kier molecular flexibility index (Phi) is 9.27. The number of thiocarbonyl (C=S) groups is 1. The van der Waals surface area contributed by atoms with E-state index in [4.69, 9.17) is 12.2 Å². The summed E-state index contributed by atoms with van der Waals surface area (Å²) in [7, 11) is 0. The van der Waals surface area contributed by atoms with Crippen LogP contribution in [0.25, 0.3) is 11.4 Å². The van der Waals surface area contributed by atoms with Crippen LogP contribution in [0.15, 0.2) is 24.5 Å². The fourth-order valence-electron chi connectivity index (χ4n) is 2.47. The second kappa shape index (κ2) is 11.7. The van der Waals surface area contributed by atoms with E-state index in [1.807, 2.05) is 37.7 Å². The first-order valence-corrected chi connectivity index (χ1v) is 11.0. The summed E-state index contributed by atoms with van der Waals surface area (Å²) in [6.45, 7) is 4.83. The van der Waals surface area contributed by atoms with Gasteiger partial charge in [0.25, 0.3) is 0 Å². The highest BCUT2D eigenvalue weighted by Gasteiger charge is 2.10. The molecule has 146 valence electrons. The minimum absolute atomic E-state index is 0.570. The van der Waals surface area contributed by atoms with Gasteiger partial charge >= 0.3 is 0 Å². The Morgan fingerprint density at radius 1 is 1.07 bits per heavy atom. The molecule has 0 unspecified atom stereocenters. The summed E-state index contributed by atoms with van der Waals surface area (Å²) in [4.78, 5) is 13.2. The maximum Gasteiger partial charge on any atom is 0.185 e. The van der Waals surface area contributed by atoms with Gasteiger partial charge in [0, 0.05) is 35.8 Å². The molecule has 0 saturated heterocycles. The first-order chi connectivity index (χ1) is 13.1. The molecule has 0 spiro atoms. The van der Waals surface area contributed by atoms with Crippen molar-refractivity contribution in [1.82, 2.24) is 25.7 Å². The van der Waals surface area contributed by atoms with E-state index in [0.717, 1.165) is 35.6 Å². The molecule has 2 heterocycles. The molecule has 2 aromatic heterocycles. The van der Waals surface area contributed by atoms with E-state index in [2.05, 4.69) is 37.4 Å². The lowest BCUT2D eigenvalue weighted by molar-refractivity contribution is 0.655. The minimum atomic E-state index is 0.570. The van der Waals surface area contributed by atoms with Gasteiger partial charge in [-0.2, -0.15) is 11.8 Å². The number of aromatic nitrogens is 3. The number of hydrazine groups is 1. The molecule has 8 heteroatoms. The van der Waals surface area contributed by atoms with Crippen LogP contribution in [0.5, 0.6) is 0 Å². The number of rotatable bonds is 10. The number of anilines is 1. The highest BCUT2D eigenvalue weighted by molar-refractivity contribution is 7.98. The van der Waals surface area contributed by atoms with Gasteiger partial charge < -0.3 is 5.32 Å². The number of hydrogen-bond donors (Lipinski definition) is 3. The van der Waals surface area contributed by atoms with Gasteiger partial charge in [-0.25, -0.2) is 9.97 Å². The van der Waals surface area contributed by atoms with E-state index in [1.54, 1.807) is 12.4 Å². The normalized spacial score (nSPS) is 10.5. The van der Waals surface area contributed by atoms with Crippen molar-refractivity contribution in [2.45, 2.75) is 39.5 Å². The zero-order valence-corrected chi connectivity index (χ0v) is 17.8. The monoisotopic (exact) mass is 404 g/mol. The number of nitrogens with zero attached hydrogens (tertiary/aromatic N) is 3. The van der Waals surface area contributed by atoms with E-state index in [1.165, 1.54) is 25.0 Å². The summed E-state index contributed by atoms with van der Waals surface area (Å²) >= 11 is 7.24. The van der Waals surface area contributed by atoms with Crippen LogP contribution in [0.1, 0.15) is 36.9 Å². The molecular formula is C19H28N6S2. The van der Waals surface area contributed by atoms with Crippen LogP contribution >= 0.6 is 24.0 Å². The van der Waals surface area contributed by atoms with Crippen LogP contribution in [0.3, 0.4) is 0 Å². The van der Waals surface area contributed by atoms with Crippen LogP contribution in [0.4, 0.5) is 5.82 Å². The van der Waals surface area contributed by atoms with E-state index in [-0.39, 0.29) is 0 Å². The summed E-state index contributed by atoms with van der Waals surface area (Å²) in [5.41, 5.74) is 8.96. The lowest BCUT2D eigenvalue weighted by Gasteiger charge is -2.15. The Morgan fingerprint density at radius 3 is 2.56 bits per heavy atom. The SMILES string of the molecule is CSCCCCCCNC(=S)NNc1nc(-c2ccncc2)nc(C)c1C. The van der Waals surface area contributed by atoms with Crippen LogP contribution in [0, 0.1) is 13.8 Å². The van der Waals surface area contributed by atoms with Crippen molar-refractivity contribution in [3.05, 3.63) is 35.8 Å². The number of unbranched alkanes of at least 4 members (excludes halogenated alkanes) is 3. The molecule has 0 aromatic carbocycles. The van der Waals surface area contributed by atoms with Gasteiger partial charge in [0.1, 0.15) is 0 Å². The Bertz CT molecular complexity index is 724. The maximum absolute atomic E-state index is 5.34. The summed E-state index contributed by atoms with van der Waals surface area (Å²) in [6, 6.07) is 3.79. The molecule has 0 atom stereocenters. The average molecular weight is 405 g/mol. The zero-order valence-electron chi connectivity index (χ0n) is 16.2. The Balaban J connectivity index is 1.83. The van der Waals surface area contributed by atoms with E-state index in [9.17, 15) is 0 Å². The molecule has 0 saturated carbocycles. The number of pyridine rings is 1. The van der Waals surface area contributed by atoms with Crippen molar-refractivity contribution in [1.29, 1.82) is 0 Å². The van der Waals surface area contributed by atoms with Crippen molar-refractivity contribution >= 4 is 34.9 Å². The van der Waals surface area contributed by atoms with E-state index in [0.29, 0.717) is 10.9 Å². The molecule has 0 amide bonds. The Labute approximate surface area is 171 Å². The van der Waals surface area contributed by atoms with Crippen LogP contribution in [0.2, 0.25) is 0 Å². The lowest BCUT2D eigenvalue weighted by atomic mass is 10.2. The molecule has 27 heavy (non-hydrogen) atoms. The van der Waals surface area contributed by atoms with Crippen molar-refractivity contribution in [2.24, 2.45) is 0 Å². The summed E-state index contributed by atoms with van der Waals surface area (Å²) in [6.07, 6.45) is 10.5. The lowest BCUT2D eigenvalue weighted by Crippen LogP contribution is -2.39. The highest BCUT2D eigenvalue weighted by atomic mass is 32.2. The number of nitrogens with one attached hydrogen (secondary N) is 3. The molecular weight excluding hydrogens is 376 g/mol. The molecule has 3 N–H and O–H groups in total. The smallest absolute Gasteiger partial charge is 0.185 e. The van der Waals surface area contributed by atoms with Gasteiger partial charge in [0.2, 0.25) is 0 Å². The Morgan fingerprint density at radius 2 is 1.81 bits per heavy atom. The largest absolute Gasteiger partial charge is 0.361 e. The standard InChI is InChI=1S/C19H28N6S2/c1-14-15(2)22-18(16-8-11-20-12-9-16)23-17(14)24-25-19(26)21-10-6-4-5-7-13-27-3/h8-9,11-12H,4-7,10,13H2,1-3H3,(H2,21,25,26)(H,22,23,24).